The summed E-state index contributed by atoms with van der Waals surface area (Å²) in [5.74, 6) is -5.49. The Hall–Kier alpha value is -1.80. The Labute approximate surface area is 113 Å². The van der Waals surface area contributed by atoms with Gasteiger partial charge in [-0.15, -0.1) is 0 Å². The van der Waals surface area contributed by atoms with Gasteiger partial charge in [-0.05, 0) is 13.8 Å². The predicted octanol–water partition coefficient (Wildman–Crippen LogP) is 0.623. The summed E-state index contributed by atoms with van der Waals surface area (Å²) < 4.78 is 37.5. The van der Waals surface area contributed by atoms with E-state index in [2.05, 4.69) is 5.32 Å². The average molecular weight is 298 g/mol. The molecule has 0 aliphatic heterocycles. The molecule has 0 aliphatic rings. The van der Waals surface area contributed by atoms with Crippen LogP contribution in [0.1, 0.15) is 20.8 Å². The molecular formula is C11H17F3N2O4. The molecule has 20 heavy (non-hydrogen) atoms. The van der Waals surface area contributed by atoms with Crippen LogP contribution in [0.5, 0.6) is 0 Å². The maximum absolute atomic E-state index is 12.5. The minimum absolute atomic E-state index is 0.122. The Bertz CT molecular complexity index is 384. The Balaban J connectivity index is 4.97. The summed E-state index contributed by atoms with van der Waals surface area (Å²) in [5, 5.41) is 11.1. The maximum atomic E-state index is 12.5. The van der Waals surface area contributed by atoms with Gasteiger partial charge in [0.1, 0.15) is 12.0 Å². The molecule has 0 fully saturated rings. The summed E-state index contributed by atoms with van der Waals surface area (Å²) in [6.45, 7) is 2.54. The Morgan fingerprint density at radius 1 is 1.25 bits per heavy atom. The first-order chi connectivity index (χ1) is 8.98. The van der Waals surface area contributed by atoms with Crippen molar-refractivity contribution in [1.82, 2.24) is 10.2 Å². The first-order valence-corrected chi connectivity index (χ1v) is 5.83. The van der Waals surface area contributed by atoms with Crippen molar-refractivity contribution in [1.29, 1.82) is 0 Å². The van der Waals surface area contributed by atoms with Crippen LogP contribution in [0.3, 0.4) is 0 Å². The minimum atomic E-state index is -4.75. The van der Waals surface area contributed by atoms with Crippen molar-refractivity contribution in [2.45, 2.75) is 33.0 Å². The van der Waals surface area contributed by atoms with E-state index in [1.807, 2.05) is 0 Å². The molecule has 0 rings (SSSR count). The molecule has 0 bridgehead atoms. The van der Waals surface area contributed by atoms with Gasteiger partial charge in [0.2, 0.25) is 11.8 Å². The molecule has 2 amide bonds. The van der Waals surface area contributed by atoms with Crippen LogP contribution in [0.2, 0.25) is 0 Å². The number of carbonyl (C=O) groups is 3. The van der Waals surface area contributed by atoms with E-state index in [-0.39, 0.29) is 13.1 Å². The second-order valence-electron chi connectivity index (χ2n) is 4.29. The fraction of sp³-hybridized carbons (Fsp3) is 0.727. The lowest BCUT2D eigenvalue weighted by atomic mass is 10.1. The van der Waals surface area contributed by atoms with Crippen molar-refractivity contribution >= 4 is 17.8 Å². The number of nitrogens with zero attached hydrogens (tertiary/aromatic N) is 1. The molecule has 0 aromatic carbocycles. The lowest BCUT2D eigenvalue weighted by molar-refractivity contribution is -0.188. The van der Waals surface area contributed by atoms with Gasteiger partial charge in [0.05, 0.1) is 0 Å². The van der Waals surface area contributed by atoms with E-state index in [1.165, 1.54) is 6.92 Å². The highest BCUT2D eigenvalue weighted by atomic mass is 19.4. The van der Waals surface area contributed by atoms with E-state index in [4.69, 9.17) is 5.11 Å². The summed E-state index contributed by atoms with van der Waals surface area (Å²) in [7, 11) is 0. The van der Waals surface area contributed by atoms with E-state index >= 15 is 0 Å². The number of hydrogen-bond donors (Lipinski definition) is 2. The summed E-state index contributed by atoms with van der Waals surface area (Å²) in [6.07, 6.45) is -4.75. The van der Waals surface area contributed by atoms with E-state index < -0.39 is 35.9 Å². The molecule has 2 N–H and O–H groups in total. The number of halogens is 3. The number of aliphatic carboxylic acids is 1. The number of amides is 2. The molecule has 0 aliphatic carbocycles. The zero-order valence-corrected chi connectivity index (χ0v) is 11.3. The zero-order chi connectivity index (χ0) is 16.1. The van der Waals surface area contributed by atoms with Gasteiger partial charge in [-0.1, -0.05) is 0 Å². The molecule has 0 saturated carbocycles. The number of rotatable bonds is 6. The van der Waals surface area contributed by atoms with Crippen molar-refractivity contribution in [3.8, 4) is 0 Å². The normalized spacial score (nSPS) is 14.3. The number of carboxylic acids is 1. The maximum Gasteiger partial charge on any atom is 0.400 e. The van der Waals surface area contributed by atoms with Gasteiger partial charge in [-0.2, -0.15) is 13.2 Å². The standard InChI is InChI=1S/C11H17F3N2O4/c1-6(11(12,13)14)9(18)16(7(2)10(19)20)5-4-15-8(3)17/h6-7H,4-5H2,1-3H3,(H,15,17)(H,19,20). The number of carbonyl (C=O) groups excluding carboxylic acids is 2. The van der Waals surface area contributed by atoms with Crippen LogP contribution in [0, 0.1) is 5.92 Å². The quantitative estimate of drug-likeness (QED) is 0.752. The van der Waals surface area contributed by atoms with Crippen LogP contribution in [0.4, 0.5) is 13.2 Å². The molecule has 9 heteroatoms. The largest absolute Gasteiger partial charge is 0.480 e. The summed E-state index contributed by atoms with van der Waals surface area (Å²) >= 11 is 0. The number of carboxylic acid groups (broad SMARTS) is 1. The van der Waals surface area contributed by atoms with Crippen LogP contribution in [-0.4, -0.2) is 53.1 Å². The van der Waals surface area contributed by atoms with Crippen molar-refractivity contribution in [2.75, 3.05) is 13.1 Å². The van der Waals surface area contributed by atoms with E-state index in [0.29, 0.717) is 11.8 Å². The SMILES string of the molecule is CC(=O)NCCN(C(=O)C(C)C(F)(F)F)C(C)C(=O)O. The lowest BCUT2D eigenvalue weighted by Crippen LogP contribution is -2.50. The smallest absolute Gasteiger partial charge is 0.400 e. The third-order valence-electron chi connectivity index (χ3n) is 2.70. The second kappa shape index (κ2) is 7.11. The summed E-state index contributed by atoms with van der Waals surface area (Å²) in [4.78, 5) is 33.9. The number of alkyl halides is 3. The van der Waals surface area contributed by atoms with Gasteiger partial charge in [0, 0.05) is 20.0 Å². The first kappa shape index (κ1) is 18.2. The highest BCUT2D eigenvalue weighted by Crippen LogP contribution is 2.27. The molecule has 0 spiro atoms. The summed E-state index contributed by atoms with van der Waals surface area (Å²) in [5.41, 5.74) is 0. The van der Waals surface area contributed by atoms with E-state index in [1.54, 1.807) is 0 Å². The third-order valence-corrected chi connectivity index (χ3v) is 2.70. The first-order valence-electron chi connectivity index (χ1n) is 5.83. The Morgan fingerprint density at radius 2 is 1.75 bits per heavy atom. The van der Waals surface area contributed by atoms with Crippen LogP contribution in [0.25, 0.3) is 0 Å². The molecule has 0 aromatic rings. The molecule has 0 heterocycles. The third kappa shape index (κ3) is 5.45. The van der Waals surface area contributed by atoms with Gasteiger partial charge < -0.3 is 15.3 Å². The number of nitrogens with one attached hydrogen (secondary N) is 1. The van der Waals surface area contributed by atoms with Gasteiger partial charge in [0.25, 0.3) is 0 Å². The molecule has 6 nitrogen and oxygen atoms in total. The van der Waals surface area contributed by atoms with Gasteiger partial charge >= 0.3 is 12.1 Å². The van der Waals surface area contributed by atoms with Crippen molar-refractivity contribution in [3.63, 3.8) is 0 Å². The molecule has 0 radical (unpaired) electrons. The lowest BCUT2D eigenvalue weighted by Gasteiger charge is -2.29. The summed E-state index contributed by atoms with van der Waals surface area (Å²) in [6, 6.07) is -1.42. The molecule has 116 valence electrons. The average Bonchev–Trinajstić information content (AvgIpc) is 2.30. The monoisotopic (exact) mass is 298 g/mol. The molecule has 2 unspecified atom stereocenters. The molecular weight excluding hydrogens is 281 g/mol. The van der Waals surface area contributed by atoms with Crippen molar-refractivity contribution in [3.05, 3.63) is 0 Å². The Kier molecular flexibility index (Phi) is 6.47. The Morgan fingerprint density at radius 3 is 2.10 bits per heavy atom. The molecule has 0 saturated heterocycles. The van der Waals surface area contributed by atoms with Crippen LogP contribution in [0.15, 0.2) is 0 Å². The van der Waals surface area contributed by atoms with Gasteiger partial charge in [-0.25, -0.2) is 4.79 Å². The van der Waals surface area contributed by atoms with Crippen molar-refractivity contribution < 1.29 is 32.7 Å². The highest BCUT2D eigenvalue weighted by molar-refractivity contribution is 5.85. The molecule has 2 atom stereocenters. The topological polar surface area (TPSA) is 86.7 Å². The van der Waals surface area contributed by atoms with Crippen LogP contribution >= 0.6 is 0 Å². The van der Waals surface area contributed by atoms with Crippen LogP contribution in [-0.2, 0) is 14.4 Å². The highest BCUT2D eigenvalue weighted by Gasteiger charge is 2.44. The van der Waals surface area contributed by atoms with E-state index in [9.17, 15) is 27.6 Å². The van der Waals surface area contributed by atoms with Gasteiger partial charge in [0.15, 0.2) is 0 Å². The van der Waals surface area contributed by atoms with Gasteiger partial charge in [-0.3, -0.25) is 9.59 Å². The fourth-order valence-corrected chi connectivity index (χ4v) is 1.37. The van der Waals surface area contributed by atoms with Crippen LogP contribution < -0.4 is 5.32 Å². The number of hydrogen-bond acceptors (Lipinski definition) is 3. The second-order valence-corrected chi connectivity index (χ2v) is 4.29. The zero-order valence-electron chi connectivity index (χ0n) is 11.3. The van der Waals surface area contributed by atoms with E-state index in [0.717, 1.165) is 6.92 Å². The fourth-order valence-electron chi connectivity index (χ4n) is 1.37. The predicted molar refractivity (Wildman–Crippen MR) is 62.7 cm³/mol. The van der Waals surface area contributed by atoms with Crippen molar-refractivity contribution in [2.24, 2.45) is 5.92 Å². The molecule has 0 aromatic heterocycles. The minimum Gasteiger partial charge on any atom is -0.480 e.